The summed E-state index contributed by atoms with van der Waals surface area (Å²) in [5.74, 6) is 0. The molecule has 0 aliphatic heterocycles. The summed E-state index contributed by atoms with van der Waals surface area (Å²) >= 11 is 1.50. The Hall–Kier alpha value is -1.62. The predicted octanol–water partition coefficient (Wildman–Crippen LogP) is 3.64. The molecule has 0 saturated carbocycles. The van der Waals surface area contributed by atoms with Crippen molar-refractivity contribution in [2.24, 2.45) is 0 Å². The number of rotatable bonds is 3. The molecule has 0 fully saturated rings. The number of thioether (sulfide) groups is 1. The van der Waals surface area contributed by atoms with Crippen molar-refractivity contribution in [1.29, 1.82) is 0 Å². The Morgan fingerprint density at radius 1 is 1.35 bits per heavy atom. The van der Waals surface area contributed by atoms with E-state index in [0.717, 1.165) is 10.9 Å². The number of pyridine rings is 1. The Morgan fingerprint density at radius 3 is 2.76 bits per heavy atom. The molecule has 17 heavy (non-hydrogen) atoms. The number of hydrogen-bond donors (Lipinski definition) is 0. The lowest BCUT2D eigenvalue weighted by atomic mass is 10.2. The van der Waals surface area contributed by atoms with Crippen molar-refractivity contribution >= 4 is 28.4 Å². The Balaban J connectivity index is 2.70. The summed E-state index contributed by atoms with van der Waals surface area (Å²) < 4.78 is 0. The number of aromatic nitrogens is 1. The van der Waals surface area contributed by atoms with Crippen LogP contribution in [0.15, 0.2) is 35.4 Å². The number of benzene rings is 1. The van der Waals surface area contributed by atoms with Gasteiger partial charge in [0.25, 0.3) is 5.69 Å². The third-order valence-electron chi connectivity index (χ3n) is 2.27. The van der Waals surface area contributed by atoms with Crippen molar-refractivity contribution in [1.82, 2.24) is 4.98 Å². The monoisotopic (exact) mass is 248 g/mol. The van der Waals surface area contributed by atoms with Crippen LogP contribution in [-0.4, -0.2) is 15.2 Å². The van der Waals surface area contributed by atoms with Crippen LogP contribution in [0.25, 0.3) is 10.9 Å². The topological polar surface area (TPSA) is 56.0 Å². The number of hydrogen-bond acceptors (Lipinski definition) is 4. The maximum absolute atomic E-state index is 11.0. The summed E-state index contributed by atoms with van der Waals surface area (Å²) in [5, 5.41) is 12.2. The van der Waals surface area contributed by atoms with E-state index in [1.807, 2.05) is 19.9 Å². The zero-order valence-corrected chi connectivity index (χ0v) is 10.4. The van der Waals surface area contributed by atoms with Crippen molar-refractivity contribution in [2.75, 3.05) is 0 Å². The standard InChI is InChI=1S/C12H12N2O2S/c1-8(2)17-12-9-4-3-7-13-10(9)5-6-11(12)14(15)16/h3-8H,1-2H3. The van der Waals surface area contributed by atoms with Crippen molar-refractivity contribution < 1.29 is 4.92 Å². The largest absolute Gasteiger partial charge is 0.283 e. The Kier molecular flexibility index (Phi) is 3.28. The predicted molar refractivity (Wildman–Crippen MR) is 69.4 cm³/mol. The molecular formula is C12H12N2O2S. The highest BCUT2D eigenvalue weighted by atomic mass is 32.2. The van der Waals surface area contributed by atoms with Gasteiger partial charge in [0, 0.05) is 22.9 Å². The number of nitrogens with zero attached hydrogens (tertiary/aromatic N) is 2. The third-order valence-corrected chi connectivity index (χ3v) is 3.40. The van der Waals surface area contributed by atoms with Crippen LogP contribution in [0, 0.1) is 10.1 Å². The molecule has 2 aromatic rings. The van der Waals surface area contributed by atoms with E-state index in [2.05, 4.69) is 4.98 Å². The summed E-state index contributed by atoms with van der Waals surface area (Å²) in [6.45, 7) is 4.03. The van der Waals surface area contributed by atoms with Gasteiger partial charge in [-0.15, -0.1) is 11.8 Å². The van der Waals surface area contributed by atoms with Gasteiger partial charge >= 0.3 is 0 Å². The maximum Gasteiger partial charge on any atom is 0.283 e. The van der Waals surface area contributed by atoms with Crippen molar-refractivity contribution in [3.63, 3.8) is 0 Å². The highest BCUT2D eigenvalue weighted by Crippen LogP contribution is 2.37. The van der Waals surface area contributed by atoms with E-state index >= 15 is 0 Å². The van der Waals surface area contributed by atoms with Gasteiger partial charge in [-0.3, -0.25) is 15.1 Å². The Morgan fingerprint density at radius 2 is 2.12 bits per heavy atom. The summed E-state index contributed by atoms with van der Waals surface area (Å²) in [6, 6.07) is 6.90. The van der Waals surface area contributed by atoms with Gasteiger partial charge in [0.2, 0.25) is 0 Å². The SMILES string of the molecule is CC(C)Sc1c([N+](=O)[O-])ccc2ncccc12. The minimum absolute atomic E-state index is 0.157. The normalized spacial score (nSPS) is 11.0. The average molecular weight is 248 g/mol. The fraction of sp³-hybridized carbons (Fsp3) is 0.250. The smallest absolute Gasteiger partial charge is 0.258 e. The lowest BCUT2D eigenvalue weighted by Crippen LogP contribution is -1.95. The molecule has 0 spiro atoms. The first-order valence-electron chi connectivity index (χ1n) is 5.28. The molecule has 0 aliphatic carbocycles. The molecule has 2 rings (SSSR count). The van der Waals surface area contributed by atoms with Crippen LogP contribution in [0.2, 0.25) is 0 Å². The molecule has 4 nitrogen and oxygen atoms in total. The summed E-state index contributed by atoms with van der Waals surface area (Å²) in [4.78, 5) is 15.6. The van der Waals surface area contributed by atoms with Crippen LogP contribution in [0.5, 0.6) is 0 Å². The molecule has 0 aliphatic rings. The first kappa shape index (κ1) is 11.9. The van der Waals surface area contributed by atoms with Gasteiger partial charge in [-0.25, -0.2) is 0 Å². The molecule has 0 amide bonds. The minimum atomic E-state index is -0.336. The zero-order valence-electron chi connectivity index (χ0n) is 9.58. The molecular weight excluding hydrogens is 236 g/mol. The highest BCUT2D eigenvalue weighted by molar-refractivity contribution is 8.00. The van der Waals surface area contributed by atoms with Crippen LogP contribution in [0.3, 0.4) is 0 Å². The molecule has 0 radical (unpaired) electrons. The lowest BCUT2D eigenvalue weighted by molar-refractivity contribution is -0.387. The van der Waals surface area contributed by atoms with Crippen molar-refractivity contribution in [2.45, 2.75) is 24.0 Å². The fourth-order valence-corrected chi connectivity index (χ4v) is 2.65. The van der Waals surface area contributed by atoms with Gasteiger partial charge in [-0.1, -0.05) is 13.8 Å². The number of nitro groups is 1. The molecule has 5 heteroatoms. The molecule has 1 heterocycles. The molecule has 1 aromatic carbocycles. The van der Waals surface area contributed by atoms with Gasteiger partial charge in [0.1, 0.15) is 0 Å². The highest BCUT2D eigenvalue weighted by Gasteiger charge is 2.18. The molecule has 0 N–H and O–H groups in total. The Labute approximate surface area is 103 Å². The van der Waals surface area contributed by atoms with Crippen molar-refractivity contribution in [3.8, 4) is 0 Å². The van der Waals surface area contributed by atoms with Gasteiger partial charge in [-0.2, -0.15) is 0 Å². The van der Waals surface area contributed by atoms with Gasteiger partial charge in [0.05, 0.1) is 15.3 Å². The second-order valence-corrected chi connectivity index (χ2v) is 5.49. The van der Waals surface area contributed by atoms with Gasteiger partial charge < -0.3 is 0 Å². The van der Waals surface area contributed by atoms with Crippen LogP contribution in [0.1, 0.15) is 13.8 Å². The first-order valence-corrected chi connectivity index (χ1v) is 6.16. The third kappa shape index (κ3) is 2.39. The van der Waals surface area contributed by atoms with E-state index in [1.165, 1.54) is 17.8 Å². The van der Waals surface area contributed by atoms with E-state index < -0.39 is 0 Å². The molecule has 1 aromatic heterocycles. The van der Waals surface area contributed by atoms with Gasteiger partial charge in [0.15, 0.2) is 0 Å². The quantitative estimate of drug-likeness (QED) is 0.472. The van der Waals surface area contributed by atoms with E-state index in [-0.39, 0.29) is 10.6 Å². The van der Waals surface area contributed by atoms with E-state index in [4.69, 9.17) is 0 Å². The van der Waals surface area contributed by atoms with E-state index in [1.54, 1.807) is 18.3 Å². The Bertz CT molecular complexity index is 569. The van der Waals surface area contributed by atoms with Crippen molar-refractivity contribution in [3.05, 3.63) is 40.6 Å². The lowest BCUT2D eigenvalue weighted by Gasteiger charge is -2.08. The van der Waals surface area contributed by atoms with E-state index in [0.29, 0.717) is 10.1 Å². The maximum atomic E-state index is 11.0. The molecule has 0 unspecified atom stereocenters. The molecule has 88 valence electrons. The number of fused-ring (bicyclic) bond motifs is 1. The van der Waals surface area contributed by atoms with Crippen LogP contribution < -0.4 is 0 Å². The second kappa shape index (κ2) is 4.71. The fourth-order valence-electron chi connectivity index (χ4n) is 1.62. The van der Waals surface area contributed by atoms with Crippen LogP contribution in [-0.2, 0) is 0 Å². The zero-order chi connectivity index (χ0) is 12.4. The second-order valence-electron chi connectivity index (χ2n) is 3.91. The van der Waals surface area contributed by atoms with Crippen LogP contribution in [0.4, 0.5) is 5.69 Å². The summed E-state index contributed by atoms with van der Waals surface area (Å²) in [6.07, 6.45) is 1.69. The summed E-state index contributed by atoms with van der Waals surface area (Å²) in [5.41, 5.74) is 0.949. The first-order chi connectivity index (χ1) is 8.09. The van der Waals surface area contributed by atoms with Crippen LogP contribution >= 0.6 is 11.8 Å². The molecule has 0 saturated heterocycles. The molecule has 0 atom stereocenters. The minimum Gasteiger partial charge on any atom is -0.258 e. The summed E-state index contributed by atoms with van der Waals surface area (Å²) in [7, 11) is 0. The van der Waals surface area contributed by atoms with E-state index in [9.17, 15) is 10.1 Å². The van der Waals surface area contributed by atoms with Gasteiger partial charge in [-0.05, 0) is 18.2 Å². The molecule has 0 bridgehead atoms. The number of nitro benzene ring substituents is 1. The average Bonchev–Trinajstić information content (AvgIpc) is 2.28.